The Bertz CT molecular complexity index is 658. The van der Waals surface area contributed by atoms with Crippen molar-refractivity contribution in [2.24, 2.45) is 5.92 Å². The maximum absolute atomic E-state index is 10.2. The Morgan fingerprint density at radius 2 is 1.83 bits per heavy atom. The van der Waals surface area contributed by atoms with Gasteiger partial charge in [0.2, 0.25) is 0 Å². The zero-order valence-electron chi connectivity index (χ0n) is 13.1. The summed E-state index contributed by atoms with van der Waals surface area (Å²) in [6, 6.07) is 7.94. The van der Waals surface area contributed by atoms with Crippen LogP contribution in [0.5, 0.6) is 0 Å². The second kappa shape index (κ2) is 6.37. The van der Waals surface area contributed by atoms with Crippen molar-refractivity contribution in [2.45, 2.75) is 45.0 Å². The van der Waals surface area contributed by atoms with E-state index in [9.17, 15) is 15.3 Å². The molecule has 124 valence electrons. The van der Waals surface area contributed by atoms with Gasteiger partial charge in [0, 0.05) is 11.5 Å². The predicted molar refractivity (Wildman–Crippen MR) is 82.3 cm³/mol. The van der Waals surface area contributed by atoms with Crippen molar-refractivity contribution in [3.8, 4) is 11.3 Å². The maximum Gasteiger partial charge on any atom is 0.181 e. The molecule has 7 heteroatoms. The predicted octanol–water partition coefficient (Wildman–Crippen LogP) is 0.329. The van der Waals surface area contributed by atoms with Crippen LogP contribution in [-0.2, 0) is 11.3 Å². The standard InChI is InChI=1S/C16H21N3O4/c1-9-3-5-11(6-4-9)12-7-19(18-17-12)8-13-14(20)10(2)15(21)16(22)23-13/h3-7,10,13-16,20-22H,8H2,1-2H3/t10-,13?,14-,15+,16?/m0/s1. The Morgan fingerprint density at radius 1 is 1.13 bits per heavy atom. The summed E-state index contributed by atoms with van der Waals surface area (Å²) in [5.41, 5.74) is 2.85. The Kier molecular flexibility index (Phi) is 4.45. The Morgan fingerprint density at radius 3 is 2.52 bits per heavy atom. The fraction of sp³-hybridized carbons (Fsp3) is 0.500. The minimum atomic E-state index is -1.31. The van der Waals surface area contributed by atoms with E-state index in [1.54, 1.807) is 17.8 Å². The summed E-state index contributed by atoms with van der Waals surface area (Å²) in [4.78, 5) is 0. The van der Waals surface area contributed by atoms with E-state index in [0.717, 1.165) is 11.3 Å². The fourth-order valence-corrected chi connectivity index (χ4v) is 2.72. The molecule has 23 heavy (non-hydrogen) atoms. The van der Waals surface area contributed by atoms with Gasteiger partial charge in [-0.15, -0.1) is 5.10 Å². The SMILES string of the molecule is Cc1ccc(-c2cn(CC3OC(O)[C@H](O)[C@@H](C)[C@@H]3O)nn2)cc1. The lowest BCUT2D eigenvalue weighted by molar-refractivity contribution is -0.268. The minimum Gasteiger partial charge on any atom is -0.390 e. The number of aromatic nitrogens is 3. The number of nitrogens with zero attached hydrogens (tertiary/aromatic N) is 3. The number of aliphatic hydroxyl groups is 3. The van der Waals surface area contributed by atoms with E-state index in [0.29, 0.717) is 0 Å². The first-order chi connectivity index (χ1) is 11.0. The third kappa shape index (κ3) is 3.28. The number of aryl methyl sites for hydroxylation is 1. The second-order valence-corrected chi connectivity index (χ2v) is 6.10. The molecule has 1 fully saturated rings. The van der Waals surface area contributed by atoms with E-state index in [4.69, 9.17) is 4.74 Å². The summed E-state index contributed by atoms with van der Waals surface area (Å²) in [6.07, 6.45) is -2.18. The number of aliphatic hydroxyl groups excluding tert-OH is 3. The monoisotopic (exact) mass is 319 g/mol. The van der Waals surface area contributed by atoms with E-state index in [2.05, 4.69) is 10.3 Å². The first kappa shape index (κ1) is 16.1. The van der Waals surface area contributed by atoms with Crippen LogP contribution in [0.2, 0.25) is 0 Å². The van der Waals surface area contributed by atoms with Crippen LogP contribution in [0.25, 0.3) is 11.3 Å². The number of hydrogen-bond acceptors (Lipinski definition) is 6. The highest BCUT2D eigenvalue weighted by Crippen LogP contribution is 2.26. The van der Waals surface area contributed by atoms with Gasteiger partial charge < -0.3 is 20.1 Å². The highest BCUT2D eigenvalue weighted by Gasteiger charge is 2.41. The molecule has 0 radical (unpaired) electrons. The molecule has 0 saturated carbocycles. The van der Waals surface area contributed by atoms with Gasteiger partial charge in [-0.1, -0.05) is 42.0 Å². The van der Waals surface area contributed by atoms with Gasteiger partial charge in [0.1, 0.15) is 17.9 Å². The van der Waals surface area contributed by atoms with E-state index in [1.807, 2.05) is 31.2 Å². The van der Waals surface area contributed by atoms with Gasteiger partial charge in [-0.2, -0.15) is 0 Å². The third-order valence-electron chi connectivity index (χ3n) is 4.32. The Hall–Kier alpha value is -1.80. The van der Waals surface area contributed by atoms with Crippen molar-refractivity contribution < 1.29 is 20.1 Å². The molecule has 0 bridgehead atoms. The van der Waals surface area contributed by atoms with Crippen LogP contribution < -0.4 is 0 Å². The molecule has 1 aromatic heterocycles. The molecule has 1 saturated heterocycles. The van der Waals surface area contributed by atoms with Gasteiger partial charge in [0.05, 0.1) is 18.8 Å². The third-order valence-corrected chi connectivity index (χ3v) is 4.32. The summed E-state index contributed by atoms with van der Waals surface area (Å²) < 4.78 is 6.85. The average molecular weight is 319 g/mol. The second-order valence-electron chi connectivity index (χ2n) is 6.10. The van der Waals surface area contributed by atoms with Crippen LogP contribution in [0.3, 0.4) is 0 Å². The van der Waals surface area contributed by atoms with Crippen molar-refractivity contribution in [1.29, 1.82) is 0 Å². The summed E-state index contributed by atoms with van der Waals surface area (Å²) in [6.45, 7) is 3.94. The smallest absolute Gasteiger partial charge is 0.181 e. The van der Waals surface area contributed by atoms with Crippen molar-refractivity contribution in [3.05, 3.63) is 36.0 Å². The van der Waals surface area contributed by atoms with Gasteiger partial charge >= 0.3 is 0 Å². The van der Waals surface area contributed by atoms with Crippen molar-refractivity contribution in [1.82, 2.24) is 15.0 Å². The van der Waals surface area contributed by atoms with E-state index in [1.165, 1.54) is 5.56 Å². The van der Waals surface area contributed by atoms with Crippen molar-refractivity contribution in [2.75, 3.05) is 0 Å². The molecule has 1 aliphatic rings. The lowest BCUT2D eigenvalue weighted by Crippen LogP contribution is -2.54. The van der Waals surface area contributed by atoms with E-state index in [-0.39, 0.29) is 6.54 Å². The number of ether oxygens (including phenoxy) is 1. The topological polar surface area (TPSA) is 101 Å². The van der Waals surface area contributed by atoms with Crippen LogP contribution >= 0.6 is 0 Å². The van der Waals surface area contributed by atoms with Gasteiger partial charge in [-0.25, -0.2) is 4.68 Å². The minimum absolute atomic E-state index is 0.244. The summed E-state index contributed by atoms with van der Waals surface area (Å²) in [5.74, 6) is -0.483. The van der Waals surface area contributed by atoms with Gasteiger partial charge in [0.25, 0.3) is 0 Å². The average Bonchev–Trinajstić information content (AvgIpc) is 3.00. The largest absolute Gasteiger partial charge is 0.390 e. The lowest BCUT2D eigenvalue weighted by Gasteiger charge is -2.39. The highest BCUT2D eigenvalue weighted by atomic mass is 16.6. The quantitative estimate of drug-likeness (QED) is 0.754. The van der Waals surface area contributed by atoms with Gasteiger partial charge in [-0.3, -0.25) is 0 Å². The van der Waals surface area contributed by atoms with Gasteiger partial charge in [0.15, 0.2) is 6.29 Å². The molecule has 2 aromatic rings. The lowest BCUT2D eigenvalue weighted by atomic mass is 9.91. The van der Waals surface area contributed by atoms with Crippen LogP contribution in [0.4, 0.5) is 0 Å². The Labute approximate surface area is 134 Å². The van der Waals surface area contributed by atoms with Crippen LogP contribution in [0.1, 0.15) is 12.5 Å². The zero-order chi connectivity index (χ0) is 16.6. The zero-order valence-corrected chi connectivity index (χ0v) is 13.1. The normalized spacial score (nSPS) is 31.3. The number of benzene rings is 1. The van der Waals surface area contributed by atoms with E-state index < -0.39 is 30.5 Å². The maximum atomic E-state index is 10.2. The molecular formula is C16H21N3O4. The molecule has 0 spiro atoms. The molecule has 3 rings (SSSR count). The molecule has 0 amide bonds. The number of rotatable bonds is 3. The van der Waals surface area contributed by atoms with Crippen LogP contribution in [0.15, 0.2) is 30.5 Å². The molecule has 0 aliphatic carbocycles. The van der Waals surface area contributed by atoms with Crippen LogP contribution in [0, 0.1) is 12.8 Å². The first-order valence-electron chi connectivity index (χ1n) is 7.62. The van der Waals surface area contributed by atoms with Crippen molar-refractivity contribution in [3.63, 3.8) is 0 Å². The highest BCUT2D eigenvalue weighted by molar-refractivity contribution is 5.57. The molecule has 3 N–H and O–H groups in total. The van der Waals surface area contributed by atoms with Crippen LogP contribution in [-0.4, -0.2) is 54.9 Å². The van der Waals surface area contributed by atoms with Crippen molar-refractivity contribution >= 4 is 0 Å². The first-order valence-corrected chi connectivity index (χ1v) is 7.62. The van der Waals surface area contributed by atoms with E-state index >= 15 is 0 Å². The molecule has 2 unspecified atom stereocenters. The van der Waals surface area contributed by atoms with Gasteiger partial charge in [-0.05, 0) is 6.92 Å². The molecular weight excluding hydrogens is 298 g/mol. The molecule has 2 heterocycles. The summed E-state index contributed by atoms with van der Waals surface area (Å²) in [7, 11) is 0. The summed E-state index contributed by atoms with van der Waals surface area (Å²) in [5, 5.41) is 37.8. The molecule has 7 nitrogen and oxygen atoms in total. The Balaban J connectivity index is 1.72. The molecule has 1 aliphatic heterocycles. The number of hydrogen-bond donors (Lipinski definition) is 3. The molecule has 5 atom stereocenters. The summed E-state index contributed by atoms with van der Waals surface area (Å²) >= 11 is 0. The fourth-order valence-electron chi connectivity index (χ4n) is 2.72. The molecule has 1 aromatic carbocycles.